The highest BCUT2D eigenvalue weighted by Crippen LogP contribution is 2.26. The smallest absolute Gasteiger partial charge is 0.255 e. The number of aryl methyl sites for hydroxylation is 1. The van der Waals surface area contributed by atoms with Gasteiger partial charge in [0.2, 0.25) is 0 Å². The molecule has 0 spiro atoms. The number of carbonyl (C=O) groups is 1. The van der Waals surface area contributed by atoms with Crippen LogP contribution in [0.3, 0.4) is 0 Å². The van der Waals surface area contributed by atoms with Gasteiger partial charge in [-0.2, -0.15) is 0 Å². The Morgan fingerprint density at radius 3 is 2.96 bits per heavy atom. The molecule has 0 aliphatic carbocycles. The quantitative estimate of drug-likeness (QED) is 0.933. The maximum absolute atomic E-state index is 13.3. The number of amides is 1. The number of rotatable bonds is 3. The molecule has 1 N–H and O–H groups in total. The molecule has 122 valence electrons. The number of aliphatic hydroxyl groups is 1. The summed E-state index contributed by atoms with van der Waals surface area (Å²) >= 11 is 5.97. The summed E-state index contributed by atoms with van der Waals surface area (Å²) in [4.78, 5) is 14.0. The molecule has 3 rings (SSSR count). The molecule has 0 bridgehead atoms. The number of carbonyl (C=O) groups excluding carboxylic acids is 1. The predicted octanol–water partition coefficient (Wildman–Crippen LogP) is 2.45. The third-order valence-electron chi connectivity index (χ3n) is 3.99. The topological polar surface area (TPSA) is 66.6 Å². The van der Waals surface area contributed by atoms with Gasteiger partial charge >= 0.3 is 0 Å². The Hall–Kier alpha value is -1.92. The second-order valence-corrected chi connectivity index (χ2v) is 6.21. The van der Waals surface area contributed by atoms with Crippen molar-refractivity contribution in [3.63, 3.8) is 0 Å². The van der Waals surface area contributed by atoms with Gasteiger partial charge in [0, 0.05) is 31.5 Å². The van der Waals surface area contributed by atoms with Crippen LogP contribution in [0.1, 0.15) is 21.8 Å². The first-order valence-corrected chi connectivity index (χ1v) is 7.66. The number of aromatic nitrogens is 1. The number of likely N-dealkylation sites (tertiary alicyclic amines) is 1. The monoisotopic (exact) mass is 338 g/mol. The standard InChI is InChI=1S/C16H16ClFN2O3/c1-9-4-12(23-19-9)5-10-7-20(8-15(10)21)16(22)13-6-11(18)2-3-14(13)17/h2-4,6,10,15,21H,5,7-8H2,1H3/t10-,15+/m1/s1. The summed E-state index contributed by atoms with van der Waals surface area (Å²) in [6.45, 7) is 2.36. The van der Waals surface area contributed by atoms with Gasteiger partial charge in [-0.1, -0.05) is 16.8 Å². The van der Waals surface area contributed by atoms with E-state index in [9.17, 15) is 14.3 Å². The van der Waals surface area contributed by atoms with Crippen LogP contribution in [0.15, 0.2) is 28.8 Å². The Labute approximate surface area is 137 Å². The van der Waals surface area contributed by atoms with Crippen molar-refractivity contribution < 1.29 is 18.8 Å². The zero-order valence-corrected chi connectivity index (χ0v) is 13.3. The van der Waals surface area contributed by atoms with Gasteiger partial charge in [0.25, 0.3) is 5.91 Å². The van der Waals surface area contributed by atoms with Crippen molar-refractivity contribution in [2.75, 3.05) is 13.1 Å². The van der Waals surface area contributed by atoms with E-state index in [0.29, 0.717) is 18.7 Å². The van der Waals surface area contributed by atoms with Crippen molar-refractivity contribution in [3.05, 3.63) is 52.1 Å². The Morgan fingerprint density at radius 2 is 2.26 bits per heavy atom. The highest BCUT2D eigenvalue weighted by atomic mass is 35.5. The number of benzene rings is 1. The number of hydrogen-bond donors (Lipinski definition) is 1. The van der Waals surface area contributed by atoms with Gasteiger partial charge in [-0.3, -0.25) is 4.79 Å². The minimum absolute atomic E-state index is 0.107. The van der Waals surface area contributed by atoms with Crippen LogP contribution in [-0.4, -0.2) is 40.3 Å². The molecule has 2 atom stereocenters. The van der Waals surface area contributed by atoms with E-state index in [1.807, 2.05) is 6.92 Å². The van der Waals surface area contributed by atoms with E-state index in [4.69, 9.17) is 16.1 Å². The Kier molecular flexibility index (Phi) is 4.37. The van der Waals surface area contributed by atoms with Crippen molar-refractivity contribution >= 4 is 17.5 Å². The molecule has 1 aromatic heterocycles. The largest absolute Gasteiger partial charge is 0.391 e. The first-order chi connectivity index (χ1) is 10.9. The molecule has 0 radical (unpaired) electrons. The minimum atomic E-state index is -0.670. The molecule has 2 aromatic rings. The maximum atomic E-state index is 13.3. The van der Waals surface area contributed by atoms with E-state index in [1.165, 1.54) is 17.0 Å². The Morgan fingerprint density at radius 1 is 1.48 bits per heavy atom. The third kappa shape index (κ3) is 3.38. The number of aliphatic hydroxyl groups excluding tert-OH is 1. The van der Waals surface area contributed by atoms with Gasteiger partial charge in [0.15, 0.2) is 0 Å². The summed E-state index contributed by atoms with van der Waals surface area (Å²) in [5.41, 5.74) is 0.877. The fourth-order valence-corrected chi connectivity index (χ4v) is 3.02. The van der Waals surface area contributed by atoms with Crippen molar-refractivity contribution in [2.45, 2.75) is 19.4 Å². The molecule has 1 aromatic carbocycles. The van der Waals surface area contributed by atoms with Crippen molar-refractivity contribution in [3.8, 4) is 0 Å². The molecule has 1 fully saturated rings. The van der Waals surface area contributed by atoms with Crippen LogP contribution in [0.2, 0.25) is 5.02 Å². The summed E-state index contributed by atoms with van der Waals surface area (Å²) < 4.78 is 18.5. The Balaban J connectivity index is 1.72. The average Bonchev–Trinajstić information content (AvgIpc) is 3.08. The van der Waals surface area contributed by atoms with Crippen molar-refractivity contribution in [1.82, 2.24) is 10.1 Å². The fraction of sp³-hybridized carbons (Fsp3) is 0.375. The van der Waals surface area contributed by atoms with E-state index in [0.717, 1.165) is 11.8 Å². The molecule has 2 heterocycles. The third-order valence-corrected chi connectivity index (χ3v) is 4.32. The number of nitrogens with zero attached hydrogens (tertiary/aromatic N) is 2. The highest BCUT2D eigenvalue weighted by Gasteiger charge is 2.35. The lowest BCUT2D eigenvalue weighted by Crippen LogP contribution is -2.30. The maximum Gasteiger partial charge on any atom is 0.255 e. The fourth-order valence-electron chi connectivity index (χ4n) is 2.82. The van der Waals surface area contributed by atoms with Gasteiger partial charge < -0.3 is 14.5 Å². The van der Waals surface area contributed by atoms with E-state index in [2.05, 4.69) is 5.16 Å². The zero-order valence-electron chi connectivity index (χ0n) is 12.5. The minimum Gasteiger partial charge on any atom is -0.391 e. The van der Waals surface area contributed by atoms with Crippen LogP contribution in [-0.2, 0) is 6.42 Å². The van der Waals surface area contributed by atoms with E-state index < -0.39 is 11.9 Å². The summed E-state index contributed by atoms with van der Waals surface area (Å²) in [7, 11) is 0. The molecule has 23 heavy (non-hydrogen) atoms. The van der Waals surface area contributed by atoms with Gasteiger partial charge in [-0.25, -0.2) is 4.39 Å². The lowest BCUT2D eigenvalue weighted by atomic mass is 10.0. The number of β-amino-alcohol motifs (C(OH)–C–C–N with tert-alkyl or cyclic N) is 1. The normalized spacial score (nSPS) is 21.0. The van der Waals surface area contributed by atoms with Crippen LogP contribution in [0.4, 0.5) is 4.39 Å². The van der Waals surface area contributed by atoms with Crippen LogP contribution >= 0.6 is 11.6 Å². The molecule has 1 aliphatic rings. The van der Waals surface area contributed by atoms with E-state index >= 15 is 0 Å². The van der Waals surface area contributed by atoms with Gasteiger partial charge in [0.05, 0.1) is 22.4 Å². The SMILES string of the molecule is Cc1cc(C[C@@H]2CN(C(=O)c3cc(F)ccc3Cl)C[C@@H]2O)on1. The van der Waals surface area contributed by atoms with E-state index in [-0.39, 0.29) is 29.0 Å². The highest BCUT2D eigenvalue weighted by molar-refractivity contribution is 6.33. The average molecular weight is 339 g/mol. The first-order valence-electron chi connectivity index (χ1n) is 7.28. The van der Waals surface area contributed by atoms with Crippen molar-refractivity contribution in [2.24, 2.45) is 5.92 Å². The van der Waals surface area contributed by atoms with Gasteiger partial charge in [-0.15, -0.1) is 0 Å². The summed E-state index contributed by atoms with van der Waals surface area (Å²) in [6, 6.07) is 5.48. The van der Waals surface area contributed by atoms with E-state index in [1.54, 1.807) is 6.07 Å². The molecule has 5 nitrogen and oxygen atoms in total. The van der Waals surface area contributed by atoms with Crippen molar-refractivity contribution in [1.29, 1.82) is 0 Å². The zero-order chi connectivity index (χ0) is 16.6. The molecule has 1 saturated heterocycles. The van der Waals surface area contributed by atoms with Crippen LogP contribution in [0.25, 0.3) is 0 Å². The summed E-state index contributed by atoms with van der Waals surface area (Å²) in [6.07, 6.45) is -0.181. The summed E-state index contributed by atoms with van der Waals surface area (Å²) in [5.74, 6) is -0.390. The second kappa shape index (κ2) is 6.29. The molecule has 0 saturated carbocycles. The lowest BCUT2D eigenvalue weighted by Gasteiger charge is -2.16. The number of halogens is 2. The molecule has 1 aliphatic heterocycles. The van der Waals surface area contributed by atoms with Crippen LogP contribution in [0, 0.1) is 18.7 Å². The molecular formula is C16H16ClFN2O3. The molecule has 7 heteroatoms. The van der Waals surface area contributed by atoms with Crippen LogP contribution < -0.4 is 0 Å². The number of hydrogen-bond acceptors (Lipinski definition) is 4. The second-order valence-electron chi connectivity index (χ2n) is 5.80. The summed E-state index contributed by atoms with van der Waals surface area (Å²) in [5, 5.41) is 14.2. The molecular weight excluding hydrogens is 323 g/mol. The lowest BCUT2D eigenvalue weighted by molar-refractivity contribution is 0.0764. The molecule has 0 unspecified atom stereocenters. The predicted molar refractivity (Wildman–Crippen MR) is 81.8 cm³/mol. The van der Waals surface area contributed by atoms with Gasteiger partial charge in [-0.05, 0) is 25.1 Å². The molecule has 1 amide bonds. The Bertz CT molecular complexity index is 734. The van der Waals surface area contributed by atoms with Crippen LogP contribution in [0.5, 0.6) is 0 Å². The van der Waals surface area contributed by atoms with Gasteiger partial charge in [0.1, 0.15) is 11.6 Å². The first kappa shape index (κ1) is 16.0.